The number of benzene rings is 2. The third-order valence-corrected chi connectivity index (χ3v) is 7.97. The molecule has 186 valence electrons. The number of carbonyl (C=O) groups is 2. The highest BCUT2D eigenvalue weighted by Crippen LogP contribution is 2.32. The summed E-state index contributed by atoms with van der Waals surface area (Å²) >= 11 is 1.48. The molecule has 2 amide bonds. The molecule has 3 aromatic heterocycles. The molecule has 1 saturated heterocycles. The molecular formula is C28H25N5O3S. The number of phenols is 1. The monoisotopic (exact) mass is 511 g/mol. The molecule has 0 atom stereocenters. The zero-order chi connectivity index (χ0) is 25.4. The van der Waals surface area contributed by atoms with Gasteiger partial charge < -0.3 is 20.3 Å². The lowest BCUT2D eigenvalue weighted by molar-refractivity contribution is -0.131. The minimum atomic E-state index is -0.301. The summed E-state index contributed by atoms with van der Waals surface area (Å²) in [5.41, 5.74) is 3.44. The SMILES string of the molecule is O=C(Nc1ccc(O)c2ncccc12)c1csc(C2CCN(C(=O)Cc3c[nH]c4ccccc34)CC2)n1. The number of hydrogen-bond donors (Lipinski definition) is 3. The number of amides is 2. The van der Waals surface area contributed by atoms with Crippen LogP contribution in [-0.4, -0.2) is 49.9 Å². The number of hydrogen-bond acceptors (Lipinski definition) is 6. The van der Waals surface area contributed by atoms with Crippen LogP contribution < -0.4 is 5.32 Å². The number of anilines is 1. The van der Waals surface area contributed by atoms with Gasteiger partial charge in [-0.25, -0.2) is 4.98 Å². The predicted molar refractivity (Wildman–Crippen MR) is 144 cm³/mol. The number of rotatable bonds is 5. The number of thiazole rings is 1. The van der Waals surface area contributed by atoms with E-state index in [4.69, 9.17) is 0 Å². The average molecular weight is 512 g/mol. The van der Waals surface area contributed by atoms with Crippen molar-refractivity contribution in [3.8, 4) is 5.75 Å². The summed E-state index contributed by atoms with van der Waals surface area (Å²) in [5, 5.41) is 17.4. The van der Waals surface area contributed by atoms with Gasteiger partial charge in [-0.3, -0.25) is 14.6 Å². The maximum Gasteiger partial charge on any atom is 0.275 e. The molecule has 5 aromatic rings. The maximum absolute atomic E-state index is 13.0. The zero-order valence-corrected chi connectivity index (χ0v) is 20.8. The van der Waals surface area contributed by atoms with E-state index >= 15 is 0 Å². The number of piperidine rings is 1. The number of nitrogens with one attached hydrogen (secondary N) is 2. The van der Waals surface area contributed by atoms with Crippen LogP contribution in [0.1, 0.15) is 39.8 Å². The summed E-state index contributed by atoms with van der Waals surface area (Å²) in [6, 6.07) is 14.8. The molecule has 8 nitrogen and oxygen atoms in total. The fourth-order valence-electron chi connectivity index (χ4n) is 4.96. The van der Waals surface area contributed by atoms with Crippen molar-refractivity contribution in [2.75, 3.05) is 18.4 Å². The number of nitrogens with zero attached hydrogens (tertiary/aromatic N) is 3. The van der Waals surface area contributed by atoms with Crippen LogP contribution in [0.25, 0.3) is 21.8 Å². The number of aromatic amines is 1. The zero-order valence-electron chi connectivity index (χ0n) is 20.0. The summed E-state index contributed by atoms with van der Waals surface area (Å²) < 4.78 is 0. The van der Waals surface area contributed by atoms with Crippen molar-refractivity contribution in [1.82, 2.24) is 19.9 Å². The number of fused-ring (bicyclic) bond motifs is 2. The third kappa shape index (κ3) is 4.53. The highest BCUT2D eigenvalue weighted by Gasteiger charge is 2.27. The van der Waals surface area contributed by atoms with Crippen LogP contribution in [0.4, 0.5) is 5.69 Å². The van der Waals surface area contributed by atoms with Crippen molar-refractivity contribution >= 4 is 50.6 Å². The van der Waals surface area contributed by atoms with E-state index in [1.54, 1.807) is 29.8 Å². The highest BCUT2D eigenvalue weighted by atomic mass is 32.1. The largest absolute Gasteiger partial charge is 0.506 e. The summed E-state index contributed by atoms with van der Waals surface area (Å²) in [6.07, 6.45) is 5.55. The van der Waals surface area contributed by atoms with Gasteiger partial charge in [0.25, 0.3) is 5.91 Å². The molecule has 0 aliphatic carbocycles. The maximum atomic E-state index is 13.0. The highest BCUT2D eigenvalue weighted by molar-refractivity contribution is 7.10. The van der Waals surface area contributed by atoms with Crippen LogP contribution >= 0.6 is 11.3 Å². The van der Waals surface area contributed by atoms with E-state index in [9.17, 15) is 14.7 Å². The minimum absolute atomic E-state index is 0.0656. The second-order valence-corrected chi connectivity index (χ2v) is 10.1. The Morgan fingerprint density at radius 3 is 2.76 bits per heavy atom. The molecule has 3 N–H and O–H groups in total. The molecule has 9 heteroatoms. The first-order valence-corrected chi connectivity index (χ1v) is 13.1. The van der Waals surface area contributed by atoms with Gasteiger partial charge in [-0.05, 0) is 48.7 Å². The Kier molecular flexibility index (Phi) is 6.05. The van der Waals surface area contributed by atoms with Crippen molar-refractivity contribution < 1.29 is 14.7 Å². The van der Waals surface area contributed by atoms with Crippen LogP contribution in [0.2, 0.25) is 0 Å². The Labute approximate surface area is 217 Å². The van der Waals surface area contributed by atoms with Gasteiger partial charge in [0, 0.05) is 53.1 Å². The number of phenolic OH excluding ortho intramolecular Hbond substituents is 1. The molecular weight excluding hydrogens is 486 g/mol. The van der Waals surface area contributed by atoms with E-state index < -0.39 is 0 Å². The van der Waals surface area contributed by atoms with E-state index in [1.165, 1.54) is 17.4 Å². The second-order valence-electron chi connectivity index (χ2n) is 9.25. The topological polar surface area (TPSA) is 111 Å². The van der Waals surface area contributed by atoms with Gasteiger partial charge >= 0.3 is 0 Å². The van der Waals surface area contributed by atoms with Gasteiger partial charge in [0.05, 0.1) is 17.1 Å². The van der Waals surface area contributed by atoms with Gasteiger partial charge in [0.1, 0.15) is 17.0 Å². The van der Waals surface area contributed by atoms with Crippen LogP contribution in [-0.2, 0) is 11.2 Å². The average Bonchev–Trinajstić information content (AvgIpc) is 3.59. The molecule has 0 unspecified atom stereocenters. The van der Waals surface area contributed by atoms with Gasteiger partial charge in [-0.15, -0.1) is 11.3 Å². The summed E-state index contributed by atoms with van der Waals surface area (Å²) in [5.74, 6) is 0.126. The smallest absolute Gasteiger partial charge is 0.275 e. The van der Waals surface area contributed by atoms with Crippen molar-refractivity contribution in [3.05, 3.63) is 82.6 Å². The fraction of sp³-hybridized carbons (Fsp3) is 0.214. The first-order chi connectivity index (χ1) is 18.1. The number of carbonyl (C=O) groups excluding carboxylic acids is 2. The molecule has 1 fully saturated rings. The van der Waals surface area contributed by atoms with E-state index in [2.05, 4.69) is 20.3 Å². The molecule has 37 heavy (non-hydrogen) atoms. The van der Waals surface area contributed by atoms with E-state index in [-0.39, 0.29) is 23.5 Å². The van der Waals surface area contributed by atoms with Crippen molar-refractivity contribution in [2.45, 2.75) is 25.2 Å². The van der Waals surface area contributed by atoms with E-state index in [0.717, 1.165) is 34.3 Å². The third-order valence-electron chi connectivity index (χ3n) is 6.96. The Morgan fingerprint density at radius 2 is 1.89 bits per heavy atom. The van der Waals surface area contributed by atoms with Gasteiger partial charge in [-0.2, -0.15) is 0 Å². The van der Waals surface area contributed by atoms with Crippen LogP contribution in [0, 0.1) is 0 Å². The van der Waals surface area contributed by atoms with Gasteiger partial charge in [0.15, 0.2) is 0 Å². The molecule has 1 aliphatic heterocycles. The van der Waals surface area contributed by atoms with Crippen LogP contribution in [0.5, 0.6) is 5.75 Å². The predicted octanol–water partition coefficient (Wildman–Crippen LogP) is 5.08. The van der Waals surface area contributed by atoms with E-state index in [1.807, 2.05) is 35.4 Å². The van der Waals surface area contributed by atoms with Crippen molar-refractivity contribution in [1.29, 1.82) is 0 Å². The van der Waals surface area contributed by atoms with Crippen LogP contribution in [0.3, 0.4) is 0 Å². The van der Waals surface area contributed by atoms with E-state index in [0.29, 0.717) is 41.8 Å². The lowest BCUT2D eigenvalue weighted by Crippen LogP contribution is -2.38. The Morgan fingerprint density at radius 1 is 1.08 bits per heavy atom. The number of aromatic hydroxyl groups is 1. The standard InChI is InChI=1S/C28H25N5O3S/c34-24-8-7-22(20-5-3-11-29-26(20)24)31-27(36)23-16-37-28(32-23)17-9-12-33(13-10-17)25(35)14-18-15-30-21-6-2-1-4-19(18)21/h1-8,11,15-17,30,34H,9-10,12-14H2,(H,31,36). The minimum Gasteiger partial charge on any atom is -0.506 e. The Bertz CT molecular complexity index is 1620. The lowest BCUT2D eigenvalue weighted by atomic mass is 9.97. The first kappa shape index (κ1) is 23.2. The van der Waals surface area contributed by atoms with Crippen LogP contribution in [0.15, 0.2) is 66.3 Å². The summed E-state index contributed by atoms with van der Waals surface area (Å²) in [4.78, 5) is 39.9. The normalized spacial score (nSPS) is 14.3. The number of H-pyrrole nitrogens is 1. The van der Waals surface area contributed by atoms with Crippen molar-refractivity contribution in [2.24, 2.45) is 0 Å². The Hall–Kier alpha value is -4.24. The quantitative estimate of drug-likeness (QED) is 0.285. The first-order valence-electron chi connectivity index (χ1n) is 12.2. The number of pyridine rings is 1. The molecule has 6 rings (SSSR count). The second kappa shape index (κ2) is 9.67. The lowest BCUT2D eigenvalue weighted by Gasteiger charge is -2.31. The molecule has 2 aromatic carbocycles. The Balaban J connectivity index is 1.08. The molecule has 0 radical (unpaired) electrons. The number of para-hydroxylation sites is 1. The van der Waals surface area contributed by atoms with Gasteiger partial charge in [0.2, 0.25) is 5.91 Å². The molecule has 0 bridgehead atoms. The number of likely N-dealkylation sites (tertiary alicyclic amines) is 1. The molecule has 4 heterocycles. The number of aromatic nitrogens is 3. The molecule has 0 saturated carbocycles. The summed E-state index contributed by atoms with van der Waals surface area (Å²) in [7, 11) is 0. The fourth-order valence-corrected chi connectivity index (χ4v) is 5.93. The van der Waals surface area contributed by atoms with Gasteiger partial charge in [-0.1, -0.05) is 18.2 Å². The molecule has 1 aliphatic rings. The van der Waals surface area contributed by atoms with Crippen molar-refractivity contribution in [3.63, 3.8) is 0 Å². The summed E-state index contributed by atoms with van der Waals surface area (Å²) in [6.45, 7) is 1.36. The molecule has 0 spiro atoms.